The molecule has 1 saturated carbocycles. The smallest absolute Gasteiger partial charge is 0.236 e. The quantitative estimate of drug-likeness (QED) is 0.667. The number of amides is 1. The van der Waals surface area contributed by atoms with E-state index in [-0.39, 0.29) is 5.91 Å². The van der Waals surface area contributed by atoms with E-state index in [1.54, 1.807) is 6.21 Å². The van der Waals surface area contributed by atoms with E-state index in [2.05, 4.69) is 33.7 Å². The van der Waals surface area contributed by atoms with Crippen molar-refractivity contribution in [3.05, 3.63) is 35.4 Å². The molecule has 1 aromatic rings. The van der Waals surface area contributed by atoms with Gasteiger partial charge in [-0.15, -0.1) is 5.10 Å². The van der Waals surface area contributed by atoms with Crippen molar-refractivity contribution < 1.29 is 4.79 Å². The van der Waals surface area contributed by atoms with E-state index in [4.69, 9.17) is 0 Å². The van der Waals surface area contributed by atoms with E-state index >= 15 is 0 Å². The zero-order valence-corrected chi connectivity index (χ0v) is 10.6. The van der Waals surface area contributed by atoms with E-state index in [1.807, 2.05) is 6.07 Å². The summed E-state index contributed by atoms with van der Waals surface area (Å²) in [6, 6.07) is 8.27. The van der Waals surface area contributed by atoms with Crippen molar-refractivity contribution in [2.24, 2.45) is 10.2 Å². The number of benzene rings is 1. The molecule has 0 bridgehead atoms. The molecule has 0 spiro atoms. The third kappa shape index (κ3) is 2.61. The fourth-order valence-corrected chi connectivity index (χ4v) is 2.55. The number of carbonyl (C=O) groups excluding carboxylic acids is 1. The minimum Gasteiger partial charge on any atom is -0.303 e. The first-order valence-electron chi connectivity index (χ1n) is 5.95. The lowest BCUT2D eigenvalue weighted by atomic mass is 10.0. The highest BCUT2D eigenvalue weighted by Crippen LogP contribution is 2.41. The molecule has 1 N–H and O–H groups in total. The second-order valence-corrected chi connectivity index (χ2v) is 5.35. The maximum atomic E-state index is 11.0. The average Bonchev–Trinajstić information content (AvgIpc) is 3.14. The van der Waals surface area contributed by atoms with Gasteiger partial charge in [-0.3, -0.25) is 4.79 Å². The van der Waals surface area contributed by atoms with Crippen LogP contribution in [0.5, 0.6) is 0 Å². The van der Waals surface area contributed by atoms with Crippen LogP contribution in [0.4, 0.5) is 0 Å². The van der Waals surface area contributed by atoms with Crippen LogP contribution < -0.4 is 5.32 Å². The summed E-state index contributed by atoms with van der Waals surface area (Å²) in [7, 11) is 0. The van der Waals surface area contributed by atoms with E-state index in [0.717, 1.165) is 5.56 Å². The third-order valence-electron chi connectivity index (χ3n) is 2.94. The molecule has 2 fully saturated rings. The van der Waals surface area contributed by atoms with Gasteiger partial charge in [0.15, 0.2) is 5.17 Å². The Morgan fingerprint density at radius 1 is 1.33 bits per heavy atom. The van der Waals surface area contributed by atoms with Gasteiger partial charge < -0.3 is 5.32 Å². The topological polar surface area (TPSA) is 53.8 Å². The first-order valence-corrected chi connectivity index (χ1v) is 6.94. The SMILES string of the molecule is O=C1CSC(=NN=Cc2ccccc2C2CC2)N1. The van der Waals surface area contributed by atoms with Crippen LogP contribution >= 0.6 is 11.8 Å². The number of nitrogens with zero attached hydrogens (tertiary/aromatic N) is 2. The Labute approximate surface area is 110 Å². The van der Waals surface area contributed by atoms with Gasteiger partial charge in [-0.25, -0.2) is 0 Å². The van der Waals surface area contributed by atoms with Crippen LogP contribution in [0.1, 0.15) is 29.9 Å². The zero-order chi connectivity index (χ0) is 12.4. The predicted molar refractivity (Wildman–Crippen MR) is 74.0 cm³/mol. The van der Waals surface area contributed by atoms with Crippen molar-refractivity contribution in [2.45, 2.75) is 18.8 Å². The molecule has 1 aromatic carbocycles. The second-order valence-electron chi connectivity index (χ2n) is 4.39. The average molecular weight is 259 g/mol. The van der Waals surface area contributed by atoms with Gasteiger partial charge in [0.25, 0.3) is 0 Å². The molecule has 92 valence electrons. The largest absolute Gasteiger partial charge is 0.303 e. The number of carbonyl (C=O) groups is 1. The summed E-state index contributed by atoms with van der Waals surface area (Å²) in [6.07, 6.45) is 4.31. The Bertz CT molecular complexity index is 535. The molecule has 2 aliphatic rings. The lowest BCUT2D eigenvalue weighted by molar-refractivity contribution is -0.116. The van der Waals surface area contributed by atoms with Crippen molar-refractivity contribution in [3.8, 4) is 0 Å². The summed E-state index contributed by atoms with van der Waals surface area (Å²) >= 11 is 1.38. The third-order valence-corrected chi connectivity index (χ3v) is 3.81. The van der Waals surface area contributed by atoms with Gasteiger partial charge in [0.2, 0.25) is 5.91 Å². The number of hydrogen-bond acceptors (Lipinski definition) is 4. The molecule has 1 saturated heterocycles. The van der Waals surface area contributed by atoms with E-state index in [9.17, 15) is 4.79 Å². The van der Waals surface area contributed by atoms with Crippen LogP contribution in [-0.2, 0) is 4.79 Å². The van der Waals surface area contributed by atoms with Gasteiger partial charge in [0, 0.05) is 0 Å². The molecule has 1 heterocycles. The van der Waals surface area contributed by atoms with Crippen molar-refractivity contribution in [3.63, 3.8) is 0 Å². The minimum atomic E-state index is -0.00710. The monoisotopic (exact) mass is 259 g/mol. The Kier molecular flexibility index (Phi) is 3.15. The van der Waals surface area contributed by atoms with Gasteiger partial charge in [0.1, 0.15) is 0 Å². The Morgan fingerprint density at radius 3 is 2.89 bits per heavy atom. The zero-order valence-electron chi connectivity index (χ0n) is 9.80. The molecule has 1 aliphatic heterocycles. The number of amidine groups is 1. The summed E-state index contributed by atoms with van der Waals surface area (Å²) in [4.78, 5) is 11.0. The predicted octanol–water partition coefficient (Wildman–Crippen LogP) is 2.12. The van der Waals surface area contributed by atoms with Gasteiger partial charge >= 0.3 is 0 Å². The van der Waals surface area contributed by atoms with Crippen molar-refractivity contribution in [2.75, 3.05) is 5.75 Å². The highest BCUT2D eigenvalue weighted by atomic mass is 32.2. The van der Waals surface area contributed by atoms with Crippen LogP contribution in [0.2, 0.25) is 0 Å². The molecular formula is C13H13N3OS. The number of rotatable bonds is 3. The summed E-state index contributed by atoms with van der Waals surface area (Å²) < 4.78 is 0. The number of hydrogen-bond donors (Lipinski definition) is 1. The molecule has 3 rings (SSSR count). The normalized spacial score (nSPS) is 21.8. The first kappa shape index (κ1) is 11.5. The fraction of sp³-hybridized carbons (Fsp3) is 0.308. The van der Waals surface area contributed by atoms with Crippen LogP contribution in [-0.4, -0.2) is 23.0 Å². The molecule has 1 aliphatic carbocycles. The Balaban J connectivity index is 1.74. The maximum Gasteiger partial charge on any atom is 0.236 e. The molecular weight excluding hydrogens is 246 g/mol. The standard InChI is InChI=1S/C13H13N3OS/c17-12-8-18-13(15-12)16-14-7-10-3-1-2-4-11(10)9-5-6-9/h1-4,7,9H,5-6,8H2,(H,15,16,17). The van der Waals surface area contributed by atoms with Crippen LogP contribution in [0.3, 0.4) is 0 Å². The van der Waals surface area contributed by atoms with Crippen LogP contribution in [0.25, 0.3) is 0 Å². The number of thioether (sulfide) groups is 1. The minimum absolute atomic E-state index is 0.00710. The second kappa shape index (κ2) is 4.94. The highest BCUT2D eigenvalue weighted by molar-refractivity contribution is 8.15. The van der Waals surface area contributed by atoms with Crippen LogP contribution in [0.15, 0.2) is 34.5 Å². The maximum absolute atomic E-state index is 11.0. The Morgan fingerprint density at radius 2 is 2.17 bits per heavy atom. The summed E-state index contributed by atoms with van der Waals surface area (Å²) in [5.41, 5.74) is 2.48. The lowest BCUT2D eigenvalue weighted by Crippen LogP contribution is -2.19. The molecule has 0 unspecified atom stereocenters. The molecule has 0 atom stereocenters. The Hall–Kier alpha value is -1.62. The molecule has 0 radical (unpaired) electrons. The summed E-state index contributed by atoms with van der Waals surface area (Å²) in [6.45, 7) is 0. The molecule has 0 aromatic heterocycles. The lowest BCUT2D eigenvalue weighted by Gasteiger charge is -2.01. The van der Waals surface area contributed by atoms with Crippen LogP contribution in [0, 0.1) is 0 Å². The van der Waals surface area contributed by atoms with E-state index in [1.165, 1.54) is 30.2 Å². The molecule has 5 heteroatoms. The molecule has 18 heavy (non-hydrogen) atoms. The van der Waals surface area contributed by atoms with E-state index in [0.29, 0.717) is 16.8 Å². The summed E-state index contributed by atoms with van der Waals surface area (Å²) in [5.74, 6) is 1.13. The van der Waals surface area contributed by atoms with Crippen molar-refractivity contribution in [1.29, 1.82) is 0 Å². The van der Waals surface area contributed by atoms with Gasteiger partial charge in [0.05, 0.1) is 12.0 Å². The highest BCUT2D eigenvalue weighted by Gasteiger charge is 2.25. The fourth-order valence-electron chi connectivity index (χ4n) is 1.92. The van der Waals surface area contributed by atoms with Crippen molar-refractivity contribution >= 4 is 29.1 Å². The first-order chi connectivity index (χ1) is 8.83. The molecule has 1 amide bonds. The van der Waals surface area contributed by atoms with Gasteiger partial charge in [-0.05, 0) is 29.9 Å². The van der Waals surface area contributed by atoms with E-state index < -0.39 is 0 Å². The van der Waals surface area contributed by atoms with Crippen molar-refractivity contribution in [1.82, 2.24) is 5.32 Å². The number of nitrogens with one attached hydrogen (secondary N) is 1. The molecule has 4 nitrogen and oxygen atoms in total. The van der Waals surface area contributed by atoms with Gasteiger partial charge in [-0.2, -0.15) is 5.10 Å². The van der Waals surface area contributed by atoms with Gasteiger partial charge in [-0.1, -0.05) is 36.0 Å². The summed E-state index contributed by atoms with van der Waals surface area (Å²) in [5, 5.41) is 11.3.